The normalized spacial score (nSPS) is 24.5. The lowest BCUT2D eigenvalue weighted by Crippen LogP contribution is -2.47. The van der Waals surface area contributed by atoms with Gasteiger partial charge in [0, 0.05) is 55.2 Å². The van der Waals surface area contributed by atoms with Gasteiger partial charge in [-0.1, -0.05) is 0 Å². The fraction of sp³-hybridized carbons (Fsp3) is 0.733. The summed E-state index contributed by atoms with van der Waals surface area (Å²) in [6.07, 6.45) is 2.43. The molecule has 3 rings (SSSR count). The van der Waals surface area contributed by atoms with Gasteiger partial charge in [-0.25, -0.2) is 0 Å². The van der Waals surface area contributed by atoms with Crippen molar-refractivity contribution in [3.8, 4) is 0 Å². The molecule has 106 valence electrons. The van der Waals surface area contributed by atoms with Crippen molar-refractivity contribution in [2.45, 2.75) is 25.8 Å². The maximum Gasteiger partial charge on any atom is 0.0472 e. The third-order valence-electron chi connectivity index (χ3n) is 4.31. The molecule has 2 aliphatic heterocycles. The highest BCUT2D eigenvalue weighted by atomic mass is 32.1. The summed E-state index contributed by atoms with van der Waals surface area (Å²) < 4.78 is 5.55. The van der Waals surface area contributed by atoms with Crippen molar-refractivity contribution in [2.24, 2.45) is 5.92 Å². The minimum absolute atomic E-state index is 0.615. The van der Waals surface area contributed by atoms with Crippen LogP contribution in [-0.2, 0) is 4.74 Å². The van der Waals surface area contributed by atoms with E-state index in [1.807, 2.05) is 11.3 Å². The maximum absolute atomic E-state index is 5.55. The molecule has 1 aromatic rings. The number of aryl methyl sites for hydroxylation is 1. The van der Waals surface area contributed by atoms with E-state index < -0.39 is 0 Å². The summed E-state index contributed by atoms with van der Waals surface area (Å²) in [6, 6.07) is 5.24. The molecule has 0 unspecified atom stereocenters. The molecule has 19 heavy (non-hydrogen) atoms. The summed E-state index contributed by atoms with van der Waals surface area (Å²) >= 11 is 1.98. The second-order valence-electron chi connectivity index (χ2n) is 5.63. The second kappa shape index (κ2) is 6.35. The van der Waals surface area contributed by atoms with Crippen molar-refractivity contribution < 1.29 is 4.74 Å². The van der Waals surface area contributed by atoms with Gasteiger partial charge in [-0.15, -0.1) is 11.3 Å². The Hall–Kier alpha value is -0.420. The van der Waals surface area contributed by atoms with Crippen molar-refractivity contribution in [3.05, 3.63) is 21.9 Å². The molecule has 0 saturated carbocycles. The second-order valence-corrected chi connectivity index (χ2v) is 6.95. The molecule has 1 aromatic heterocycles. The van der Waals surface area contributed by atoms with E-state index in [1.54, 1.807) is 4.88 Å². The van der Waals surface area contributed by atoms with Crippen LogP contribution in [0.15, 0.2) is 12.1 Å². The number of thiophene rings is 1. The Kier molecular flexibility index (Phi) is 4.53. The SMILES string of the molecule is Cc1ccc([C@@H](C2CCOCC2)N2CCNCC2)s1. The fourth-order valence-corrected chi connectivity index (χ4v) is 4.42. The van der Waals surface area contributed by atoms with E-state index in [0.29, 0.717) is 6.04 Å². The largest absolute Gasteiger partial charge is 0.381 e. The Bertz CT molecular complexity index is 377. The number of piperazine rings is 1. The molecule has 1 N–H and O–H groups in total. The van der Waals surface area contributed by atoms with Gasteiger partial charge in [-0.05, 0) is 37.8 Å². The third-order valence-corrected chi connectivity index (χ3v) is 5.38. The third kappa shape index (κ3) is 3.19. The molecular formula is C15H24N2OS. The molecule has 2 aliphatic rings. The summed E-state index contributed by atoms with van der Waals surface area (Å²) in [6.45, 7) is 8.72. The van der Waals surface area contributed by atoms with Gasteiger partial charge in [0.25, 0.3) is 0 Å². The van der Waals surface area contributed by atoms with Crippen molar-refractivity contribution >= 4 is 11.3 Å². The number of ether oxygens (including phenoxy) is 1. The van der Waals surface area contributed by atoms with Crippen LogP contribution in [0.25, 0.3) is 0 Å². The van der Waals surface area contributed by atoms with Crippen molar-refractivity contribution in [3.63, 3.8) is 0 Å². The first-order valence-electron chi connectivity index (χ1n) is 7.43. The molecule has 0 amide bonds. The van der Waals surface area contributed by atoms with Gasteiger partial charge in [0.05, 0.1) is 0 Å². The van der Waals surface area contributed by atoms with Crippen LogP contribution in [0.3, 0.4) is 0 Å². The summed E-state index contributed by atoms with van der Waals surface area (Å²) in [5.74, 6) is 0.768. The van der Waals surface area contributed by atoms with Crippen LogP contribution in [0.4, 0.5) is 0 Å². The first-order chi connectivity index (χ1) is 9.34. The van der Waals surface area contributed by atoms with Gasteiger partial charge in [-0.3, -0.25) is 4.90 Å². The number of hydrogen-bond acceptors (Lipinski definition) is 4. The number of rotatable bonds is 3. The van der Waals surface area contributed by atoms with E-state index in [2.05, 4.69) is 29.3 Å². The molecule has 2 saturated heterocycles. The zero-order chi connectivity index (χ0) is 13.1. The molecule has 0 aliphatic carbocycles. The predicted molar refractivity (Wildman–Crippen MR) is 79.8 cm³/mol. The van der Waals surface area contributed by atoms with Crippen molar-refractivity contribution in [1.82, 2.24) is 10.2 Å². The van der Waals surface area contributed by atoms with Crippen LogP contribution in [0.5, 0.6) is 0 Å². The van der Waals surface area contributed by atoms with Crippen LogP contribution in [0.2, 0.25) is 0 Å². The zero-order valence-corrected chi connectivity index (χ0v) is 12.5. The first-order valence-corrected chi connectivity index (χ1v) is 8.25. The molecule has 4 heteroatoms. The summed E-state index contributed by atoms with van der Waals surface area (Å²) in [5, 5.41) is 3.47. The number of nitrogens with one attached hydrogen (secondary N) is 1. The summed E-state index contributed by atoms with van der Waals surface area (Å²) in [5.41, 5.74) is 0. The van der Waals surface area contributed by atoms with Crippen LogP contribution >= 0.6 is 11.3 Å². The number of hydrogen-bond donors (Lipinski definition) is 1. The molecule has 0 aromatic carbocycles. The molecule has 1 atom stereocenters. The lowest BCUT2D eigenvalue weighted by molar-refractivity contribution is 0.0223. The molecule has 3 nitrogen and oxygen atoms in total. The summed E-state index contributed by atoms with van der Waals surface area (Å²) in [7, 11) is 0. The highest BCUT2D eigenvalue weighted by Crippen LogP contribution is 2.38. The van der Waals surface area contributed by atoms with Crippen molar-refractivity contribution in [2.75, 3.05) is 39.4 Å². The average molecular weight is 280 g/mol. The van der Waals surface area contributed by atoms with Crippen LogP contribution in [0.1, 0.15) is 28.6 Å². The van der Waals surface area contributed by atoms with Gasteiger partial charge in [-0.2, -0.15) is 0 Å². The van der Waals surface area contributed by atoms with Gasteiger partial charge in [0.1, 0.15) is 0 Å². The number of nitrogens with zero attached hydrogens (tertiary/aromatic N) is 1. The Morgan fingerprint density at radius 2 is 2.00 bits per heavy atom. The highest BCUT2D eigenvalue weighted by Gasteiger charge is 2.31. The standard InChI is InChI=1S/C15H24N2OS/c1-12-2-3-14(19-12)15(13-4-10-18-11-5-13)17-8-6-16-7-9-17/h2-3,13,15-16H,4-11H2,1H3/t15-/m1/s1. The molecular weight excluding hydrogens is 256 g/mol. The molecule has 0 bridgehead atoms. The van der Waals surface area contributed by atoms with Crippen LogP contribution in [-0.4, -0.2) is 44.3 Å². The lowest BCUT2D eigenvalue weighted by Gasteiger charge is -2.40. The maximum atomic E-state index is 5.55. The van der Waals surface area contributed by atoms with Gasteiger partial charge in [0.2, 0.25) is 0 Å². The lowest BCUT2D eigenvalue weighted by atomic mass is 9.89. The first kappa shape index (κ1) is 13.6. The quantitative estimate of drug-likeness (QED) is 0.920. The Morgan fingerprint density at radius 3 is 2.63 bits per heavy atom. The van der Waals surface area contributed by atoms with E-state index in [-0.39, 0.29) is 0 Å². The monoisotopic (exact) mass is 280 g/mol. The minimum atomic E-state index is 0.615. The Labute approximate surface area is 119 Å². The average Bonchev–Trinajstić information content (AvgIpc) is 2.88. The smallest absolute Gasteiger partial charge is 0.0472 e. The van der Waals surface area contributed by atoms with E-state index in [0.717, 1.165) is 32.2 Å². The molecule has 3 heterocycles. The predicted octanol–water partition coefficient (Wildman–Crippen LogP) is 2.43. The topological polar surface area (TPSA) is 24.5 Å². The molecule has 0 radical (unpaired) electrons. The molecule has 0 spiro atoms. The van der Waals surface area contributed by atoms with E-state index >= 15 is 0 Å². The zero-order valence-electron chi connectivity index (χ0n) is 11.7. The Balaban J connectivity index is 1.81. The highest BCUT2D eigenvalue weighted by molar-refractivity contribution is 7.12. The summed E-state index contributed by atoms with van der Waals surface area (Å²) in [4.78, 5) is 5.69. The van der Waals surface area contributed by atoms with E-state index in [1.165, 1.54) is 30.8 Å². The Morgan fingerprint density at radius 1 is 1.26 bits per heavy atom. The van der Waals surface area contributed by atoms with E-state index in [9.17, 15) is 0 Å². The van der Waals surface area contributed by atoms with Crippen LogP contribution < -0.4 is 5.32 Å². The fourth-order valence-electron chi connectivity index (χ4n) is 3.31. The van der Waals surface area contributed by atoms with E-state index in [4.69, 9.17) is 4.74 Å². The minimum Gasteiger partial charge on any atom is -0.381 e. The van der Waals surface area contributed by atoms with Crippen LogP contribution in [0, 0.1) is 12.8 Å². The molecule has 2 fully saturated rings. The van der Waals surface area contributed by atoms with Crippen molar-refractivity contribution in [1.29, 1.82) is 0 Å². The van der Waals surface area contributed by atoms with Gasteiger partial charge >= 0.3 is 0 Å². The van der Waals surface area contributed by atoms with Gasteiger partial charge in [0.15, 0.2) is 0 Å². The van der Waals surface area contributed by atoms with Gasteiger partial charge < -0.3 is 10.1 Å².